The fourth-order valence-corrected chi connectivity index (χ4v) is 2.03. The molecule has 0 saturated carbocycles. The summed E-state index contributed by atoms with van der Waals surface area (Å²) in [6.07, 6.45) is 0. The van der Waals surface area contributed by atoms with E-state index in [0.29, 0.717) is 4.90 Å². The van der Waals surface area contributed by atoms with Gasteiger partial charge in [0, 0.05) is 0 Å². The van der Waals surface area contributed by atoms with Gasteiger partial charge in [-0.15, -0.1) is 0 Å². The van der Waals surface area contributed by atoms with E-state index in [1.165, 1.54) is 12.1 Å². The van der Waals surface area contributed by atoms with E-state index < -0.39 is 8.26 Å². The first kappa shape index (κ1) is 9.26. The molecule has 0 aliphatic rings. The second-order valence-electron chi connectivity index (χ2n) is 1.91. The number of hydrogen-bond acceptors (Lipinski definition) is 2. The maximum atomic E-state index is 10.9. The summed E-state index contributed by atoms with van der Waals surface area (Å²) in [4.78, 5) is 0.292. The van der Waals surface area contributed by atoms with Crippen LogP contribution in [0.2, 0.25) is 0 Å². The summed E-state index contributed by atoms with van der Waals surface area (Å²) in [5.74, 6) is 0. The summed E-state index contributed by atoms with van der Waals surface area (Å²) in [5, 5.41) is 0. The first-order valence-electron chi connectivity index (χ1n) is 2.71. The minimum atomic E-state index is -3.17. The van der Waals surface area contributed by atoms with Gasteiger partial charge < -0.3 is 0 Å². The number of rotatable bonds is 1. The van der Waals surface area contributed by atoms with Crippen molar-refractivity contribution in [3.8, 4) is 0 Å². The fourth-order valence-electron chi connectivity index (χ4n) is 0.601. The third-order valence-electron chi connectivity index (χ3n) is 1.10. The molecule has 1 rings (SSSR count). The number of halogens is 1. The topological polar surface area (TPSA) is 34.1 Å². The van der Waals surface area contributed by atoms with Crippen molar-refractivity contribution in [1.29, 1.82) is 0 Å². The van der Waals surface area contributed by atoms with E-state index in [1.54, 1.807) is 12.1 Å². The predicted molar refractivity (Wildman–Crippen MR) is 47.1 cm³/mol. The molecule has 1 aromatic carbocycles. The molecule has 5 heteroatoms. The van der Waals surface area contributed by atoms with Crippen molar-refractivity contribution in [1.82, 2.24) is 0 Å². The van der Waals surface area contributed by atoms with Crippen LogP contribution in [0.1, 0.15) is 0 Å². The Morgan fingerprint density at radius 3 is 2.00 bits per heavy atom. The van der Waals surface area contributed by atoms with E-state index >= 15 is 0 Å². The van der Waals surface area contributed by atoms with Crippen molar-refractivity contribution in [3.63, 3.8) is 0 Å². The van der Waals surface area contributed by atoms with Gasteiger partial charge in [0.15, 0.2) is 0 Å². The van der Waals surface area contributed by atoms with Crippen LogP contribution in [0, 0.1) is 0 Å². The number of benzene rings is 1. The van der Waals surface area contributed by atoms with E-state index in [4.69, 9.17) is 0 Å². The van der Waals surface area contributed by atoms with Crippen LogP contribution in [-0.2, 0) is 8.26 Å². The molecule has 0 atom stereocenters. The monoisotopic (exact) mass is 299 g/mol. The molecule has 0 saturated heterocycles. The zero-order valence-corrected chi connectivity index (χ0v) is 9.44. The van der Waals surface area contributed by atoms with Gasteiger partial charge in [-0.2, -0.15) is 0 Å². The van der Waals surface area contributed by atoms with Crippen LogP contribution >= 0.6 is 15.9 Å². The average molecular weight is 299 g/mol. The predicted octanol–water partition coefficient (Wildman–Crippen LogP) is 1.31. The van der Waals surface area contributed by atoms with Gasteiger partial charge in [0.25, 0.3) is 0 Å². The summed E-state index contributed by atoms with van der Waals surface area (Å²) in [5.41, 5.74) is 0. The van der Waals surface area contributed by atoms with Crippen LogP contribution in [0.15, 0.2) is 33.6 Å². The van der Waals surface area contributed by atoms with Gasteiger partial charge in [0.05, 0.1) is 0 Å². The summed E-state index contributed by atoms with van der Waals surface area (Å²) in [6, 6.07) is 6.44. The zero-order chi connectivity index (χ0) is 8.48. The van der Waals surface area contributed by atoms with Crippen LogP contribution in [0.25, 0.3) is 0 Å². The normalized spacial score (nSPS) is 11.5. The Labute approximate surface area is 80.9 Å². The molecule has 0 aliphatic carbocycles. The van der Waals surface area contributed by atoms with Crippen LogP contribution in [0.5, 0.6) is 0 Å². The first-order chi connectivity index (χ1) is 5.00. The van der Waals surface area contributed by atoms with Gasteiger partial charge in [0.1, 0.15) is 0 Å². The molecular weight excluding hydrogens is 295 g/mol. The zero-order valence-electron chi connectivity index (χ0n) is 5.32. The molecule has 0 fully saturated rings. The molecule has 0 heterocycles. The SMILES string of the molecule is O=S(=O)([Se])c1ccc(Br)cc1. The summed E-state index contributed by atoms with van der Waals surface area (Å²) in [7, 11) is -3.17. The van der Waals surface area contributed by atoms with Gasteiger partial charge in [-0.25, -0.2) is 0 Å². The van der Waals surface area contributed by atoms with Crippen LogP contribution in [0.3, 0.4) is 0 Å². The molecule has 0 unspecified atom stereocenters. The van der Waals surface area contributed by atoms with E-state index in [-0.39, 0.29) is 0 Å². The Bertz CT molecular complexity index is 343. The van der Waals surface area contributed by atoms with E-state index in [0.717, 1.165) is 4.47 Å². The molecule has 0 N–H and O–H groups in total. The molecule has 0 bridgehead atoms. The molecular formula is C6H4BrO2SSe. The van der Waals surface area contributed by atoms with Crippen molar-refractivity contribution in [2.24, 2.45) is 0 Å². The second-order valence-corrected chi connectivity index (χ2v) is 6.97. The summed E-state index contributed by atoms with van der Waals surface area (Å²) < 4.78 is 22.6. The van der Waals surface area contributed by atoms with Crippen molar-refractivity contribution in [3.05, 3.63) is 28.7 Å². The number of hydrogen-bond donors (Lipinski definition) is 0. The minimum absolute atomic E-state index is 0.292. The van der Waals surface area contributed by atoms with Crippen LogP contribution in [-0.4, -0.2) is 23.3 Å². The molecule has 1 radical (unpaired) electrons. The van der Waals surface area contributed by atoms with E-state index in [9.17, 15) is 8.42 Å². The van der Waals surface area contributed by atoms with E-state index in [1.807, 2.05) is 0 Å². The molecule has 0 aromatic heterocycles. The van der Waals surface area contributed by atoms with Crippen molar-refractivity contribution in [2.75, 3.05) is 0 Å². The standard InChI is InChI=1S/C6H4BrO2SSe/c7-5-1-3-6(4-2-5)10(8,9)11/h1-4H. The average Bonchev–Trinajstić information content (AvgIpc) is 1.86. The van der Waals surface area contributed by atoms with Crippen LogP contribution < -0.4 is 0 Å². The Morgan fingerprint density at radius 1 is 1.18 bits per heavy atom. The summed E-state index contributed by atoms with van der Waals surface area (Å²) >= 11 is 5.32. The maximum absolute atomic E-state index is 10.9. The van der Waals surface area contributed by atoms with Crippen molar-refractivity contribution >= 4 is 39.1 Å². The molecule has 2 nitrogen and oxygen atoms in total. The fraction of sp³-hybridized carbons (Fsp3) is 0. The van der Waals surface area contributed by atoms with Crippen molar-refractivity contribution < 1.29 is 8.42 Å². The summed E-state index contributed by atoms with van der Waals surface area (Å²) in [6.45, 7) is 0. The Morgan fingerprint density at radius 2 is 1.64 bits per heavy atom. The molecule has 11 heavy (non-hydrogen) atoms. The van der Waals surface area contributed by atoms with Gasteiger partial charge in [-0.1, -0.05) is 0 Å². The van der Waals surface area contributed by atoms with Gasteiger partial charge in [-0.05, 0) is 0 Å². The molecule has 1 aromatic rings. The van der Waals surface area contributed by atoms with Crippen LogP contribution in [0.4, 0.5) is 0 Å². The molecule has 0 aliphatic heterocycles. The van der Waals surface area contributed by atoms with Crippen molar-refractivity contribution in [2.45, 2.75) is 4.90 Å². The molecule has 0 amide bonds. The third-order valence-corrected chi connectivity index (χ3v) is 3.69. The Kier molecular flexibility index (Phi) is 2.75. The quantitative estimate of drug-likeness (QED) is 0.733. The Hall–Kier alpha value is 0.169. The second kappa shape index (κ2) is 3.27. The van der Waals surface area contributed by atoms with E-state index in [2.05, 4.69) is 30.8 Å². The third kappa shape index (κ3) is 2.60. The Balaban J connectivity index is 3.20. The molecule has 59 valence electrons. The molecule has 0 spiro atoms. The first-order valence-corrected chi connectivity index (χ1v) is 7.01. The van der Waals surface area contributed by atoms with Gasteiger partial charge in [-0.3, -0.25) is 0 Å². The van der Waals surface area contributed by atoms with Gasteiger partial charge >= 0.3 is 81.1 Å². The van der Waals surface area contributed by atoms with Gasteiger partial charge in [0.2, 0.25) is 0 Å².